The Morgan fingerprint density at radius 3 is 2.72 bits per heavy atom. The van der Waals surface area contributed by atoms with Gasteiger partial charge in [-0.3, -0.25) is 14.9 Å². The summed E-state index contributed by atoms with van der Waals surface area (Å²) in [5.74, 6) is 0.122. The summed E-state index contributed by atoms with van der Waals surface area (Å²) in [4.78, 5) is 23.6. The molecule has 0 bridgehead atoms. The van der Waals surface area contributed by atoms with Crippen molar-refractivity contribution >= 4 is 17.3 Å². The maximum Gasteiger partial charge on any atom is 0.313 e. The molecule has 6 heteroatoms. The van der Waals surface area contributed by atoms with Crippen molar-refractivity contribution in [2.75, 3.05) is 12.0 Å². The molecule has 1 atom stereocenters. The predicted octanol–water partition coefficient (Wildman–Crippen LogP) is 1.90. The summed E-state index contributed by atoms with van der Waals surface area (Å²) < 4.78 is 5.02. The van der Waals surface area contributed by atoms with Crippen molar-refractivity contribution in [2.45, 2.75) is 26.3 Å². The monoisotopic (exact) mass is 250 g/mol. The minimum absolute atomic E-state index is 0.0178. The average molecular weight is 250 g/mol. The molecule has 0 radical (unpaired) electrons. The van der Waals surface area contributed by atoms with Gasteiger partial charge in [-0.1, -0.05) is 0 Å². The van der Waals surface area contributed by atoms with Gasteiger partial charge in [-0.05, 0) is 25.0 Å². The van der Waals surface area contributed by atoms with Crippen LogP contribution in [0.1, 0.15) is 19.4 Å². The Morgan fingerprint density at radius 1 is 1.56 bits per heavy atom. The standard InChI is InChI=1S/C12H14N2O4/c1-7-4-9-5-12(18-3)11(14(16)17)6-10(9)13(7)8(2)15/h5-7H,4H2,1-3H3/t7-/m1/s1. The zero-order valence-electron chi connectivity index (χ0n) is 10.5. The van der Waals surface area contributed by atoms with Crippen LogP contribution < -0.4 is 9.64 Å². The number of nitrogens with zero attached hydrogens (tertiary/aromatic N) is 2. The first-order valence-corrected chi connectivity index (χ1v) is 5.60. The largest absolute Gasteiger partial charge is 0.490 e. The Hall–Kier alpha value is -2.11. The van der Waals surface area contributed by atoms with Gasteiger partial charge in [0.25, 0.3) is 0 Å². The Bertz CT molecular complexity index is 527. The van der Waals surface area contributed by atoms with Crippen LogP contribution in [0, 0.1) is 10.1 Å². The van der Waals surface area contributed by atoms with Crippen LogP contribution in [0.15, 0.2) is 12.1 Å². The third-order valence-corrected chi connectivity index (χ3v) is 3.13. The molecule has 1 aliphatic heterocycles. The van der Waals surface area contributed by atoms with E-state index in [1.165, 1.54) is 20.1 Å². The predicted molar refractivity (Wildman–Crippen MR) is 66.0 cm³/mol. The maximum absolute atomic E-state index is 11.6. The minimum Gasteiger partial charge on any atom is -0.490 e. The van der Waals surface area contributed by atoms with Crippen LogP contribution in [0.4, 0.5) is 11.4 Å². The number of benzene rings is 1. The van der Waals surface area contributed by atoms with E-state index in [2.05, 4.69) is 0 Å². The molecule has 0 spiro atoms. The number of hydrogen-bond donors (Lipinski definition) is 0. The second kappa shape index (κ2) is 4.29. The van der Waals surface area contributed by atoms with E-state index in [-0.39, 0.29) is 23.4 Å². The van der Waals surface area contributed by atoms with Gasteiger partial charge in [0.1, 0.15) is 0 Å². The normalized spacial score (nSPS) is 17.5. The number of carbonyl (C=O) groups is 1. The lowest BCUT2D eigenvalue weighted by atomic mass is 10.1. The van der Waals surface area contributed by atoms with Gasteiger partial charge in [-0.15, -0.1) is 0 Å². The fraction of sp³-hybridized carbons (Fsp3) is 0.417. The SMILES string of the molecule is COc1cc2c(cc1[N+](=O)[O-])N(C(C)=O)[C@H](C)C2. The molecule has 0 N–H and O–H groups in total. The highest BCUT2D eigenvalue weighted by Crippen LogP contribution is 2.40. The van der Waals surface area contributed by atoms with Gasteiger partial charge in [0.15, 0.2) is 5.75 Å². The zero-order valence-corrected chi connectivity index (χ0v) is 10.5. The van der Waals surface area contributed by atoms with Crippen molar-refractivity contribution in [1.29, 1.82) is 0 Å². The Morgan fingerprint density at radius 2 is 2.22 bits per heavy atom. The number of methoxy groups -OCH3 is 1. The Balaban J connectivity index is 2.59. The van der Waals surface area contributed by atoms with Crippen LogP contribution in [0.3, 0.4) is 0 Å². The fourth-order valence-electron chi connectivity index (χ4n) is 2.42. The number of hydrogen-bond acceptors (Lipinski definition) is 4. The van der Waals surface area contributed by atoms with E-state index in [0.29, 0.717) is 12.1 Å². The molecule has 6 nitrogen and oxygen atoms in total. The molecule has 1 amide bonds. The lowest BCUT2D eigenvalue weighted by molar-refractivity contribution is -0.385. The number of nitro benzene ring substituents is 1. The molecule has 0 saturated carbocycles. The number of anilines is 1. The quantitative estimate of drug-likeness (QED) is 0.593. The molecule has 2 rings (SSSR count). The van der Waals surface area contributed by atoms with Gasteiger partial charge >= 0.3 is 5.69 Å². The van der Waals surface area contributed by atoms with Crippen molar-refractivity contribution in [1.82, 2.24) is 0 Å². The summed E-state index contributed by atoms with van der Waals surface area (Å²) in [5, 5.41) is 11.0. The van der Waals surface area contributed by atoms with Crippen LogP contribution in [-0.2, 0) is 11.2 Å². The summed E-state index contributed by atoms with van der Waals surface area (Å²) in [6.07, 6.45) is 0.684. The van der Waals surface area contributed by atoms with Crippen LogP contribution >= 0.6 is 0 Å². The summed E-state index contributed by atoms with van der Waals surface area (Å²) in [5.41, 5.74) is 1.40. The number of amides is 1. The van der Waals surface area contributed by atoms with E-state index in [1.54, 1.807) is 11.0 Å². The van der Waals surface area contributed by atoms with Gasteiger partial charge in [-0.2, -0.15) is 0 Å². The fourth-order valence-corrected chi connectivity index (χ4v) is 2.42. The lowest BCUT2D eigenvalue weighted by Crippen LogP contribution is -2.33. The Labute approximate surface area is 104 Å². The second-order valence-electron chi connectivity index (χ2n) is 4.35. The van der Waals surface area contributed by atoms with Crippen molar-refractivity contribution < 1.29 is 14.5 Å². The van der Waals surface area contributed by atoms with Crippen molar-refractivity contribution in [2.24, 2.45) is 0 Å². The number of fused-ring (bicyclic) bond motifs is 1. The zero-order chi connectivity index (χ0) is 13.4. The molecule has 1 aliphatic rings. The van der Waals surface area contributed by atoms with E-state index in [0.717, 1.165) is 5.56 Å². The smallest absolute Gasteiger partial charge is 0.313 e. The number of ether oxygens (including phenoxy) is 1. The maximum atomic E-state index is 11.6. The number of nitro groups is 1. The molecule has 96 valence electrons. The van der Waals surface area contributed by atoms with Crippen LogP contribution in [0.25, 0.3) is 0 Å². The van der Waals surface area contributed by atoms with E-state index < -0.39 is 4.92 Å². The van der Waals surface area contributed by atoms with E-state index in [1.807, 2.05) is 6.92 Å². The summed E-state index contributed by atoms with van der Waals surface area (Å²) >= 11 is 0. The number of rotatable bonds is 2. The summed E-state index contributed by atoms with van der Waals surface area (Å²) in [6.45, 7) is 3.38. The highest BCUT2D eigenvalue weighted by molar-refractivity contribution is 5.95. The lowest BCUT2D eigenvalue weighted by Gasteiger charge is -2.20. The molecule has 0 aliphatic carbocycles. The van der Waals surface area contributed by atoms with Crippen molar-refractivity contribution in [3.05, 3.63) is 27.8 Å². The van der Waals surface area contributed by atoms with Gasteiger partial charge in [0.05, 0.1) is 17.7 Å². The first kappa shape index (κ1) is 12.3. The van der Waals surface area contributed by atoms with Crippen molar-refractivity contribution in [3.63, 3.8) is 0 Å². The molecule has 1 aromatic carbocycles. The highest BCUT2D eigenvalue weighted by Gasteiger charge is 2.32. The van der Waals surface area contributed by atoms with Crippen molar-refractivity contribution in [3.8, 4) is 5.75 Å². The Kier molecular flexibility index (Phi) is 2.94. The van der Waals surface area contributed by atoms with Gasteiger partial charge in [0, 0.05) is 19.0 Å². The second-order valence-corrected chi connectivity index (χ2v) is 4.35. The minimum atomic E-state index is -0.500. The molecule has 1 aromatic rings. The summed E-state index contributed by atoms with van der Waals surface area (Å²) in [6, 6.07) is 3.08. The molecule has 0 saturated heterocycles. The van der Waals surface area contributed by atoms with Gasteiger partial charge < -0.3 is 9.64 Å². The average Bonchev–Trinajstić information content (AvgIpc) is 2.61. The van der Waals surface area contributed by atoms with Gasteiger partial charge in [-0.25, -0.2) is 0 Å². The molecule has 1 heterocycles. The topological polar surface area (TPSA) is 72.7 Å². The van der Waals surface area contributed by atoms with Crippen LogP contribution in [0.2, 0.25) is 0 Å². The van der Waals surface area contributed by atoms with Crippen LogP contribution in [-0.4, -0.2) is 24.0 Å². The molecule has 0 fully saturated rings. The first-order valence-electron chi connectivity index (χ1n) is 5.60. The molecular formula is C12H14N2O4. The molecular weight excluding hydrogens is 236 g/mol. The van der Waals surface area contributed by atoms with E-state index in [4.69, 9.17) is 4.74 Å². The van der Waals surface area contributed by atoms with E-state index in [9.17, 15) is 14.9 Å². The van der Waals surface area contributed by atoms with Gasteiger partial charge in [0.2, 0.25) is 5.91 Å². The third kappa shape index (κ3) is 1.79. The summed E-state index contributed by atoms with van der Waals surface area (Å²) in [7, 11) is 1.40. The van der Waals surface area contributed by atoms with Crippen LogP contribution in [0.5, 0.6) is 5.75 Å². The first-order chi connectivity index (χ1) is 8.45. The third-order valence-electron chi connectivity index (χ3n) is 3.13. The highest BCUT2D eigenvalue weighted by atomic mass is 16.6. The van der Waals surface area contributed by atoms with E-state index >= 15 is 0 Å². The number of carbonyl (C=O) groups excluding carboxylic acids is 1. The molecule has 0 unspecified atom stereocenters. The molecule has 18 heavy (non-hydrogen) atoms. The molecule has 0 aromatic heterocycles.